The van der Waals surface area contributed by atoms with Crippen LogP contribution in [0.4, 0.5) is 0 Å². The molecule has 5 heteroatoms. The number of aryl methyl sites for hydroxylation is 1. The summed E-state index contributed by atoms with van der Waals surface area (Å²) < 4.78 is 32.5. The van der Waals surface area contributed by atoms with Crippen LogP contribution >= 0.6 is 0 Å². The maximum atomic E-state index is 13.2. The average molecular weight is 431 g/mol. The molecule has 6 atom stereocenters. The number of allylic oxidation sites excluding steroid dienone is 4. The lowest BCUT2D eigenvalue weighted by molar-refractivity contribution is -0.112. The van der Waals surface area contributed by atoms with Crippen LogP contribution < -0.4 is 0 Å². The van der Waals surface area contributed by atoms with E-state index in [-0.39, 0.29) is 28.6 Å². The van der Waals surface area contributed by atoms with Gasteiger partial charge in [0.25, 0.3) is 10.1 Å². The summed E-state index contributed by atoms with van der Waals surface area (Å²) in [6, 6.07) is 6.87. The maximum Gasteiger partial charge on any atom is 0.297 e. The number of aliphatic hydroxyl groups is 1. The first-order valence-corrected chi connectivity index (χ1v) is 12.5. The molecule has 1 saturated carbocycles. The molecular formula is C25H34O4S. The summed E-state index contributed by atoms with van der Waals surface area (Å²) >= 11 is 0. The summed E-state index contributed by atoms with van der Waals surface area (Å²) in [4.78, 5) is 0.214. The van der Waals surface area contributed by atoms with Crippen LogP contribution in [0.2, 0.25) is 0 Å². The van der Waals surface area contributed by atoms with E-state index in [2.05, 4.69) is 27.7 Å². The molecule has 30 heavy (non-hydrogen) atoms. The number of hydrogen-bond donors (Lipinski definition) is 1. The minimum absolute atomic E-state index is 0.0244. The Morgan fingerprint density at radius 2 is 1.13 bits per heavy atom. The molecule has 4 nitrogen and oxygen atoms in total. The van der Waals surface area contributed by atoms with Crippen molar-refractivity contribution in [2.75, 3.05) is 0 Å². The highest BCUT2D eigenvalue weighted by molar-refractivity contribution is 7.86. The normalized spacial score (nSPS) is 34.6. The SMILES string of the molecule is CC1=C(C)C[C@@H]2C(OS(=O)(=O)c3ccc(C)cc3)[C@@H]3CC(C)=C(C)C[C@H]3C(O)[C@H]2C1. The van der Waals surface area contributed by atoms with Gasteiger partial charge in [-0.15, -0.1) is 0 Å². The molecule has 164 valence electrons. The molecule has 1 N–H and O–H groups in total. The minimum atomic E-state index is -3.87. The Labute approximate surface area is 181 Å². The van der Waals surface area contributed by atoms with Crippen molar-refractivity contribution in [2.24, 2.45) is 23.7 Å². The minimum Gasteiger partial charge on any atom is -0.393 e. The third kappa shape index (κ3) is 3.80. The molecule has 3 aliphatic rings. The summed E-state index contributed by atoms with van der Waals surface area (Å²) in [6.07, 6.45) is 2.44. The lowest BCUT2D eigenvalue weighted by Gasteiger charge is -2.53. The fourth-order valence-electron chi connectivity index (χ4n) is 5.87. The van der Waals surface area contributed by atoms with Crippen LogP contribution in [0.1, 0.15) is 58.9 Å². The van der Waals surface area contributed by atoms with E-state index in [0.717, 1.165) is 31.2 Å². The Balaban J connectivity index is 1.73. The van der Waals surface area contributed by atoms with Gasteiger partial charge in [-0.3, -0.25) is 4.18 Å². The molecule has 0 saturated heterocycles. The second-order valence-electron chi connectivity index (χ2n) is 9.91. The van der Waals surface area contributed by atoms with Gasteiger partial charge in [0, 0.05) is 0 Å². The zero-order valence-electron chi connectivity index (χ0n) is 18.7. The maximum absolute atomic E-state index is 13.2. The van der Waals surface area contributed by atoms with Crippen molar-refractivity contribution in [3.63, 3.8) is 0 Å². The fourth-order valence-corrected chi connectivity index (χ4v) is 7.03. The smallest absolute Gasteiger partial charge is 0.297 e. The summed E-state index contributed by atoms with van der Waals surface area (Å²) in [5.74, 6) is 0.159. The van der Waals surface area contributed by atoms with Crippen LogP contribution in [0.25, 0.3) is 0 Å². The van der Waals surface area contributed by atoms with E-state index in [0.29, 0.717) is 0 Å². The van der Waals surface area contributed by atoms with E-state index in [9.17, 15) is 13.5 Å². The summed E-state index contributed by atoms with van der Waals surface area (Å²) in [5.41, 5.74) is 6.29. The molecule has 0 bridgehead atoms. The molecule has 0 aromatic heterocycles. The summed E-state index contributed by atoms with van der Waals surface area (Å²) in [5, 5.41) is 11.3. The lowest BCUT2D eigenvalue weighted by Crippen LogP contribution is -2.55. The molecule has 2 unspecified atom stereocenters. The van der Waals surface area contributed by atoms with Crippen LogP contribution in [0.15, 0.2) is 51.5 Å². The van der Waals surface area contributed by atoms with E-state index in [1.165, 1.54) is 22.3 Å². The molecule has 0 aliphatic heterocycles. The quantitative estimate of drug-likeness (QED) is 0.531. The first-order valence-electron chi connectivity index (χ1n) is 11.1. The summed E-state index contributed by atoms with van der Waals surface area (Å²) in [7, 11) is -3.87. The monoisotopic (exact) mass is 430 g/mol. The molecule has 0 heterocycles. The molecule has 0 radical (unpaired) electrons. The van der Waals surface area contributed by atoms with Gasteiger partial charge in [-0.25, -0.2) is 0 Å². The third-order valence-corrected chi connectivity index (χ3v) is 9.32. The van der Waals surface area contributed by atoms with Crippen LogP contribution in [0, 0.1) is 30.6 Å². The van der Waals surface area contributed by atoms with Crippen molar-refractivity contribution in [2.45, 2.75) is 77.4 Å². The molecule has 4 rings (SSSR count). The predicted molar refractivity (Wildman–Crippen MR) is 118 cm³/mol. The molecule has 1 aromatic rings. The van der Waals surface area contributed by atoms with Gasteiger partial charge in [-0.1, -0.05) is 40.0 Å². The van der Waals surface area contributed by atoms with Crippen molar-refractivity contribution in [3.05, 3.63) is 52.1 Å². The van der Waals surface area contributed by atoms with Crippen molar-refractivity contribution < 1.29 is 17.7 Å². The van der Waals surface area contributed by atoms with E-state index in [4.69, 9.17) is 4.18 Å². The predicted octanol–water partition coefficient (Wildman–Crippen LogP) is 5.17. The number of aliphatic hydroxyl groups excluding tert-OH is 1. The topological polar surface area (TPSA) is 63.6 Å². The van der Waals surface area contributed by atoms with E-state index in [1.54, 1.807) is 24.3 Å². The molecular weight excluding hydrogens is 396 g/mol. The first kappa shape index (κ1) is 21.8. The van der Waals surface area contributed by atoms with Gasteiger partial charge in [0.1, 0.15) is 0 Å². The summed E-state index contributed by atoms with van der Waals surface area (Å²) in [6.45, 7) is 10.5. The first-order chi connectivity index (χ1) is 14.1. The van der Waals surface area contributed by atoms with Gasteiger partial charge in [0.15, 0.2) is 0 Å². The Morgan fingerprint density at radius 3 is 1.57 bits per heavy atom. The molecule has 1 aromatic carbocycles. The Morgan fingerprint density at radius 1 is 0.733 bits per heavy atom. The fraction of sp³-hybridized carbons (Fsp3) is 0.600. The Kier molecular flexibility index (Phi) is 5.75. The zero-order valence-corrected chi connectivity index (χ0v) is 19.5. The molecule has 0 amide bonds. The number of rotatable bonds is 3. The van der Waals surface area contributed by atoms with Gasteiger partial charge in [-0.05, 0) is 96.1 Å². The van der Waals surface area contributed by atoms with E-state index < -0.39 is 22.3 Å². The van der Waals surface area contributed by atoms with Crippen LogP contribution in [0.3, 0.4) is 0 Å². The second kappa shape index (κ2) is 7.92. The standard InChI is InChI=1S/C25H34O4S/c1-14-6-8-19(9-7-14)30(27,28)29-25-22-12-17(4)15(2)10-20(22)24(26)21-11-16(3)18(5)13-23(21)25/h6-9,20-26H,10-13H2,1-5H3/t20-,21+,22-,23+,24?,25?. The zero-order chi connectivity index (χ0) is 21.8. The van der Waals surface area contributed by atoms with Crippen LogP contribution in [-0.2, 0) is 14.3 Å². The van der Waals surface area contributed by atoms with Gasteiger partial charge in [-0.2, -0.15) is 8.42 Å². The van der Waals surface area contributed by atoms with Gasteiger partial charge < -0.3 is 5.11 Å². The van der Waals surface area contributed by atoms with E-state index in [1.807, 2.05) is 6.92 Å². The highest BCUT2D eigenvalue weighted by atomic mass is 32.2. The van der Waals surface area contributed by atoms with Crippen LogP contribution in [-0.4, -0.2) is 25.7 Å². The van der Waals surface area contributed by atoms with Crippen LogP contribution in [0.5, 0.6) is 0 Å². The third-order valence-electron chi connectivity index (χ3n) is 7.99. The Hall–Kier alpha value is -1.43. The van der Waals surface area contributed by atoms with Crippen molar-refractivity contribution in [1.82, 2.24) is 0 Å². The van der Waals surface area contributed by atoms with Gasteiger partial charge in [0.2, 0.25) is 0 Å². The van der Waals surface area contributed by atoms with Gasteiger partial charge in [0.05, 0.1) is 17.1 Å². The largest absolute Gasteiger partial charge is 0.393 e. The lowest BCUT2D eigenvalue weighted by atomic mass is 9.56. The molecule has 1 fully saturated rings. The Bertz CT molecular complexity index is 944. The van der Waals surface area contributed by atoms with E-state index >= 15 is 0 Å². The van der Waals surface area contributed by atoms with Crippen molar-refractivity contribution in [1.29, 1.82) is 0 Å². The molecule has 3 aliphatic carbocycles. The second-order valence-corrected chi connectivity index (χ2v) is 11.5. The number of benzene rings is 1. The number of fused-ring (bicyclic) bond motifs is 2. The number of hydrogen-bond acceptors (Lipinski definition) is 4. The highest BCUT2D eigenvalue weighted by Gasteiger charge is 2.53. The van der Waals surface area contributed by atoms with Gasteiger partial charge >= 0.3 is 0 Å². The average Bonchev–Trinajstić information content (AvgIpc) is 2.69. The van der Waals surface area contributed by atoms with Crippen molar-refractivity contribution >= 4 is 10.1 Å². The highest BCUT2D eigenvalue weighted by Crippen LogP contribution is 2.53. The van der Waals surface area contributed by atoms with Crippen molar-refractivity contribution in [3.8, 4) is 0 Å². The molecule has 0 spiro atoms.